The largest absolute Gasteiger partial charge is 0.464 e. The lowest BCUT2D eigenvalue weighted by Crippen LogP contribution is -2.15. The number of nitrogens with zero attached hydrogens (tertiary/aromatic N) is 1. The molecule has 1 N–H and O–H groups in total. The minimum Gasteiger partial charge on any atom is -0.464 e. The summed E-state index contributed by atoms with van der Waals surface area (Å²) >= 11 is 3.30. The summed E-state index contributed by atoms with van der Waals surface area (Å²) in [6.45, 7) is 3.98. The number of ether oxygens (including phenoxy) is 1. The Labute approximate surface area is 97.2 Å². The maximum atomic E-state index is 11.4. The summed E-state index contributed by atoms with van der Waals surface area (Å²) in [5.41, 5.74) is 0.973. The lowest BCUT2D eigenvalue weighted by atomic mass is 10.2. The SMILES string of the molecule is COC(=O)c1ncc(Br)cc1NC(C)C. The molecule has 1 heterocycles. The van der Waals surface area contributed by atoms with Crippen LogP contribution in [0.1, 0.15) is 24.3 Å². The monoisotopic (exact) mass is 272 g/mol. The van der Waals surface area contributed by atoms with Crippen LogP contribution in [-0.2, 0) is 4.74 Å². The van der Waals surface area contributed by atoms with Crippen LogP contribution in [0.4, 0.5) is 5.69 Å². The topological polar surface area (TPSA) is 51.2 Å². The number of anilines is 1. The molecule has 0 bridgehead atoms. The number of methoxy groups -OCH3 is 1. The average Bonchev–Trinajstić information content (AvgIpc) is 2.16. The van der Waals surface area contributed by atoms with Crippen molar-refractivity contribution in [2.24, 2.45) is 0 Å². The summed E-state index contributed by atoms with van der Waals surface area (Å²) in [6.07, 6.45) is 1.57. The summed E-state index contributed by atoms with van der Waals surface area (Å²) < 4.78 is 5.46. The molecule has 0 aliphatic heterocycles. The number of nitrogens with one attached hydrogen (secondary N) is 1. The Hall–Kier alpha value is -1.10. The number of pyridine rings is 1. The Morgan fingerprint density at radius 2 is 2.27 bits per heavy atom. The van der Waals surface area contributed by atoms with E-state index in [1.165, 1.54) is 7.11 Å². The smallest absolute Gasteiger partial charge is 0.358 e. The van der Waals surface area contributed by atoms with Crippen LogP contribution >= 0.6 is 15.9 Å². The molecule has 0 aliphatic rings. The maximum absolute atomic E-state index is 11.4. The van der Waals surface area contributed by atoms with Crippen molar-refractivity contribution in [2.75, 3.05) is 12.4 Å². The Kier molecular flexibility index (Phi) is 4.08. The molecular formula is C10H13BrN2O2. The van der Waals surface area contributed by atoms with Crippen LogP contribution in [0.15, 0.2) is 16.7 Å². The fraction of sp³-hybridized carbons (Fsp3) is 0.400. The molecule has 1 rings (SSSR count). The molecule has 0 atom stereocenters. The molecule has 0 aromatic carbocycles. The van der Waals surface area contributed by atoms with Crippen molar-refractivity contribution in [3.63, 3.8) is 0 Å². The molecule has 0 saturated heterocycles. The number of rotatable bonds is 3. The molecule has 0 radical (unpaired) electrons. The van der Waals surface area contributed by atoms with Gasteiger partial charge in [0, 0.05) is 16.7 Å². The quantitative estimate of drug-likeness (QED) is 0.859. The van der Waals surface area contributed by atoms with E-state index in [4.69, 9.17) is 0 Å². The Morgan fingerprint density at radius 3 is 2.80 bits per heavy atom. The normalized spacial score (nSPS) is 10.2. The summed E-state index contributed by atoms with van der Waals surface area (Å²) in [5.74, 6) is -0.439. The van der Waals surface area contributed by atoms with Gasteiger partial charge in [0.1, 0.15) is 0 Å². The fourth-order valence-corrected chi connectivity index (χ4v) is 1.45. The lowest BCUT2D eigenvalue weighted by molar-refractivity contribution is 0.0595. The lowest BCUT2D eigenvalue weighted by Gasteiger charge is -2.12. The molecule has 1 aromatic heterocycles. The minimum absolute atomic E-state index is 0.226. The second-order valence-electron chi connectivity index (χ2n) is 3.34. The molecule has 15 heavy (non-hydrogen) atoms. The van der Waals surface area contributed by atoms with Crippen molar-refractivity contribution in [3.8, 4) is 0 Å². The highest BCUT2D eigenvalue weighted by molar-refractivity contribution is 9.10. The molecule has 0 aliphatic carbocycles. The standard InChI is InChI=1S/C10H13BrN2O2/c1-6(2)13-8-4-7(11)5-12-9(8)10(14)15-3/h4-6,13H,1-3H3. The zero-order valence-corrected chi connectivity index (χ0v) is 10.5. The van der Waals surface area contributed by atoms with Crippen LogP contribution in [0.2, 0.25) is 0 Å². The molecule has 5 heteroatoms. The van der Waals surface area contributed by atoms with Crippen molar-refractivity contribution < 1.29 is 9.53 Å². The van der Waals surface area contributed by atoms with Crippen LogP contribution in [0.3, 0.4) is 0 Å². The zero-order chi connectivity index (χ0) is 11.4. The predicted molar refractivity (Wildman–Crippen MR) is 62.0 cm³/mol. The van der Waals surface area contributed by atoms with E-state index < -0.39 is 5.97 Å². The summed E-state index contributed by atoms with van der Waals surface area (Å²) in [6, 6.07) is 2.03. The van der Waals surface area contributed by atoms with E-state index in [-0.39, 0.29) is 6.04 Å². The van der Waals surface area contributed by atoms with Gasteiger partial charge in [-0.2, -0.15) is 0 Å². The Balaban J connectivity index is 3.08. The van der Waals surface area contributed by atoms with E-state index in [1.54, 1.807) is 12.3 Å². The van der Waals surface area contributed by atoms with Crippen LogP contribution in [0.5, 0.6) is 0 Å². The summed E-state index contributed by atoms with van der Waals surface area (Å²) in [5, 5.41) is 3.14. The van der Waals surface area contributed by atoms with Gasteiger partial charge in [0.05, 0.1) is 12.8 Å². The third-order valence-electron chi connectivity index (χ3n) is 1.68. The third-order valence-corrected chi connectivity index (χ3v) is 2.11. The van der Waals surface area contributed by atoms with Gasteiger partial charge in [-0.05, 0) is 35.8 Å². The van der Waals surface area contributed by atoms with Crippen LogP contribution in [-0.4, -0.2) is 24.1 Å². The zero-order valence-electron chi connectivity index (χ0n) is 8.87. The molecule has 0 unspecified atom stereocenters. The van der Waals surface area contributed by atoms with E-state index in [0.717, 1.165) is 4.47 Å². The number of hydrogen-bond acceptors (Lipinski definition) is 4. The number of carbonyl (C=O) groups is 1. The second-order valence-corrected chi connectivity index (χ2v) is 4.26. The number of carbonyl (C=O) groups excluding carboxylic acids is 1. The fourth-order valence-electron chi connectivity index (χ4n) is 1.12. The molecule has 0 fully saturated rings. The highest BCUT2D eigenvalue weighted by Gasteiger charge is 2.14. The van der Waals surface area contributed by atoms with Gasteiger partial charge in [-0.25, -0.2) is 9.78 Å². The average molecular weight is 273 g/mol. The Morgan fingerprint density at radius 1 is 1.60 bits per heavy atom. The van der Waals surface area contributed by atoms with E-state index in [0.29, 0.717) is 11.4 Å². The van der Waals surface area contributed by atoms with Gasteiger partial charge in [-0.3, -0.25) is 0 Å². The molecule has 0 spiro atoms. The maximum Gasteiger partial charge on any atom is 0.358 e. The first-order chi connectivity index (χ1) is 7.04. The number of aromatic nitrogens is 1. The van der Waals surface area contributed by atoms with Crippen molar-refractivity contribution in [1.82, 2.24) is 4.98 Å². The van der Waals surface area contributed by atoms with Gasteiger partial charge in [0.2, 0.25) is 0 Å². The third kappa shape index (κ3) is 3.20. The van der Waals surface area contributed by atoms with Crippen molar-refractivity contribution >= 4 is 27.6 Å². The van der Waals surface area contributed by atoms with E-state index in [9.17, 15) is 4.79 Å². The van der Waals surface area contributed by atoms with Crippen molar-refractivity contribution in [3.05, 3.63) is 22.4 Å². The number of esters is 1. The first-order valence-corrected chi connectivity index (χ1v) is 5.34. The van der Waals surface area contributed by atoms with Gasteiger partial charge in [-0.15, -0.1) is 0 Å². The van der Waals surface area contributed by atoms with Gasteiger partial charge >= 0.3 is 5.97 Å². The van der Waals surface area contributed by atoms with E-state index >= 15 is 0 Å². The highest BCUT2D eigenvalue weighted by Crippen LogP contribution is 2.20. The van der Waals surface area contributed by atoms with Crippen LogP contribution in [0.25, 0.3) is 0 Å². The molecule has 0 amide bonds. The van der Waals surface area contributed by atoms with E-state index in [1.807, 2.05) is 13.8 Å². The van der Waals surface area contributed by atoms with Crippen LogP contribution in [0, 0.1) is 0 Å². The molecule has 0 saturated carbocycles. The predicted octanol–water partition coefficient (Wildman–Crippen LogP) is 2.45. The second kappa shape index (κ2) is 5.11. The van der Waals surface area contributed by atoms with Crippen molar-refractivity contribution in [2.45, 2.75) is 19.9 Å². The number of hydrogen-bond donors (Lipinski definition) is 1. The molecule has 4 nitrogen and oxygen atoms in total. The van der Waals surface area contributed by atoms with Gasteiger partial charge in [0.15, 0.2) is 5.69 Å². The van der Waals surface area contributed by atoms with Gasteiger partial charge in [-0.1, -0.05) is 0 Å². The molecular weight excluding hydrogens is 260 g/mol. The van der Waals surface area contributed by atoms with E-state index in [2.05, 4.69) is 31.0 Å². The first kappa shape index (κ1) is 12.0. The summed E-state index contributed by atoms with van der Waals surface area (Å²) in [4.78, 5) is 15.4. The minimum atomic E-state index is -0.439. The van der Waals surface area contributed by atoms with Crippen LogP contribution < -0.4 is 5.32 Å². The first-order valence-electron chi connectivity index (χ1n) is 4.55. The molecule has 1 aromatic rings. The van der Waals surface area contributed by atoms with Crippen molar-refractivity contribution in [1.29, 1.82) is 0 Å². The van der Waals surface area contributed by atoms with Gasteiger partial charge < -0.3 is 10.1 Å². The number of halogens is 1. The molecule has 82 valence electrons. The van der Waals surface area contributed by atoms with Gasteiger partial charge in [0.25, 0.3) is 0 Å². The highest BCUT2D eigenvalue weighted by atomic mass is 79.9. The Bertz CT molecular complexity index is 366. The summed E-state index contributed by atoms with van der Waals surface area (Å²) in [7, 11) is 1.34.